The molecule has 0 radical (unpaired) electrons. The second-order valence-corrected chi connectivity index (χ2v) is 5.13. The Labute approximate surface area is 127 Å². The molecule has 110 valence electrons. The first kappa shape index (κ1) is 15.6. The van der Waals surface area contributed by atoms with Gasteiger partial charge in [0.2, 0.25) is 0 Å². The quantitative estimate of drug-likeness (QED) is 0.605. The second-order valence-electron chi connectivity index (χ2n) is 4.27. The SMILES string of the molecule is COC(=O)c1cc(Br)c(F)c(F)c1Cc1ccccc1F. The Kier molecular flexibility index (Phi) is 4.67. The van der Waals surface area contributed by atoms with Crippen LogP contribution in [0, 0.1) is 17.5 Å². The van der Waals surface area contributed by atoms with E-state index in [0.29, 0.717) is 0 Å². The van der Waals surface area contributed by atoms with Crippen LogP contribution in [0.1, 0.15) is 21.5 Å². The summed E-state index contributed by atoms with van der Waals surface area (Å²) in [6.45, 7) is 0. The van der Waals surface area contributed by atoms with Crippen molar-refractivity contribution in [3.05, 3.63) is 68.9 Å². The van der Waals surface area contributed by atoms with Crippen LogP contribution in [0.3, 0.4) is 0 Å². The van der Waals surface area contributed by atoms with E-state index in [9.17, 15) is 18.0 Å². The molecule has 0 aromatic heterocycles. The number of hydrogen-bond donors (Lipinski definition) is 0. The van der Waals surface area contributed by atoms with Gasteiger partial charge >= 0.3 is 5.97 Å². The Morgan fingerprint density at radius 3 is 2.48 bits per heavy atom. The Morgan fingerprint density at radius 2 is 1.86 bits per heavy atom. The number of hydrogen-bond acceptors (Lipinski definition) is 2. The fourth-order valence-corrected chi connectivity index (χ4v) is 2.33. The fraction of sp³-hybridized carbons (Fsp3) is 0.133. The third kappa shape index (κ3) is 3.10. The van der Waals surface area contributed by atoms with Gasteiger partial charge in [-0.15, -0.1) is 0 Å². The first-order valence-electron chi connectivity index (χ1n) is 5.93. The lowest BCUT2D eigenvalue weighted by Crippen LogP contribution is -2.11. The Bertz CT molecular complexity index is 702. The Morgan fingerprint density at radius 1 is 1.19 bits per heavy atom. The molecule has 6 heteroatoms. The van der Waals surface area contributed by atoms with Crippen molar-refractivity contribution in [2.45, 2.75) is 6.42 Å². The summed E-state index contributed by atoms with van der Waals surface area (Å²) in [6, 6.07) is 6.83. The highest BCUT2D eigenvalue weighted by molar-refractivity contribution is 9.10. The fourth-order valence-electron chi connectivity index (χ4n) is 1.93. The van der Waals surface area contributed by atoms with Crippen molar-refractivity contribution in [3.8, 4) is 0 Å². The number of methoxy groups -OCH3 is 1. The Hall–Kier alpha value is -1.82. The maximum atomic E-state index is 14.1. The molecule has 0 unspecified atom stereocenters. The summed E-state index contributed by atoms with van der Waals surface area (Å²) < 4.78 is 45.8. The minimum absolute atomic E-state index is 0.147. The maximum absolute atomic E-state index is 14.1. The van der Waals surface area contributed by atoms with E-state index in [1.807, 2.05) is 0 Å². The molecule has 0 fully saturated rings. The van der Waals surface area contributed by atoms with Gasteiger partial charge in [-0.2, -0.15) is 0 Å². The highest BCUT2D eigenvalue weighted by atomic mass is 79.9. The lowest BCUT2D eigenvalue weighted by atomic mass is 9.98. The molecule has 0 aliphatic heterocycles. The second kappa shape index (κ2) is 6.30. The van der Waals surface area contributed by atoms with Gasteiger partial charge in [0, 0.05) is 12.0 Å². The van der Waals surface area contributed by atoms with Crippen molar-refractivity contribution < 1.29 is 22.7 Å². The minimum atomic E-state index is -1.20. The largest absolute Gasteiger partial charge is 0.465 e. The third-order valence-electron chi connectivity index (χ3n) is 2.99. The molecule has 0 saturated carbocycles. The number of carbonyl (C=O) groups is 1. The van der Waals surface area contributed by atoms with Gasteiger partial charge in [-0.3, -0.25) is 0 Å². The van der Waals surface area contributed by atoms with E-state index in [4.69, 9.17) is 0 Å². The number of halogens is 4. The molecule has 0 amide bonds. The van der Waals surface area contributed by atoms with Gasteiger partial charge in [0.1, 0.15) is 5.82 Å². The van der Waals surface area contributed by atoms with Gasteiger partial charge in [-0.1, -0.05) is 18.2 Å². The smallest absolute Gasteiger partial charge is 0.338 e. The van der Waals surface area contributed by atoms with Crippen LogP contribution >= 0.6 is 15.9 Å². The molecule has 0 saturated heterocycles. The molecule has 0 spiro atoms. The lowest BCUT2D eigenvalue weighted by Gasteiger charge is -2.12. The average Bonchev–Trinajstić information content (AvgIpc) is 2.48. The van der Waals surface area contributed by atoms with Crippen LogP contribution in [0.15, 0.2) is 34.8 Å². The zero-order valence-electron chi connectivity index (χ0n) is 10.9. The molecule has 0 N–H and O–H groups in total. The molecule has 2 nitrogen and oxygen atoms in total. The van der Waals surface area contributed by atoms with Crippen LogP contribution in [0.2, 0.25) is 0 Å². The molecule has 2 aromatic carbocycles. The summed E-state index contributed by atoms with van der Waals surface area (Å²) in [4.78, 5) is 11.7. The van der Waals surface area contributed by atoms with Crippen molar-refractivity contribution in [1.82, 2.24) is 0 Å². The molecule has 21 heavy (non-hydrogen) atoms. The summed E-state index contributed by atoms with van der Waals surface area (Å²) >= 11 is 2.83. The molecule has 2 rings (SSSR count). The van der Waals surface area contributed by atoms with Gasteiger partial charge in [0.15, 0.2) is 11.6 Å². The van der Waals surface area contributed by atoms with Crippen LogP contribution in [0.25, 0.3) is 0 Å². The van der Waals surface area contributed by atoms with Gasteiger partial charge in [0.05, 0.1) is 17.1 Å². The van der Waals surface area contributed by atoms with E-state index in [1.165, 1.54) is 18.2 Å². The summed E-state index contributed by atoms with van der Waals surface area (Å²) in [7, 11) is 1.13. The van der Waals surface area contributed by atoms with E-state index in [1.54, 1.807) is 6.07 Å². The molecule has 0 heterocycles. The van der Waals surface area contributed by atoms with E-state index in [2.05, 4.69) is 20.7 Å². The maximum Gasteiger partial charge on any atom is 0.338 e. The lowest BCUT2D eigenvalue weighted by molar-refractivity contribution is 0.0598. The molecular formula is C15H10BrF3O2. The first-order chi connectivity index (χ1) is 9.95. The minimum Gasteiger partial charge on any atom is -0.465 e. The topological polar surface area (TPSA) is 26.3 Å². The molecule has 2 aromatic rings. The highest BCUT2D eigenvalue weighted by Crippen LogP contribution is 2.28. The van der Waals surface area contributed by atoms with Crippen LogP contribution in [-0.4, -0.2) is 13.1 Å². The van der Waals surface area contributed by atoms with Crippen molar-refractivity contribution in [3.63, 3.8) is 0 Å². The summed E-state index contributed by atoms with van der Waals surface area (Å²) in [5.41, 5.74) is -0.234. The number of ether oxygens (including phenoxy) is 1. The van der Waals surface area contributed by atoms with Crippen molar-refractivity contribution in [2.75, 3.05) is 7.11 Å². The standard InChI is InChI=1S/C15H10BrF3O2/c1-21-15(20)10-7-11(16)14(19)13(18)9(10)6-8-4-2-3-5-12(8)17/h2-5,7H,6H2,1H3. The predicted octanol–water partition coefficient (Wildman–Crippen LogP) is 4.24. The Balaban J connectivity index is 2.59. The average molecular weight is 359 g/mol. The van der Waals surface area contributed by atoms with Crippen LogP contribution in [0.4, 0.5) is 13.2 Å². The summed E-state index contributed by atoms with van der Waals surface area (Å²) in [5.74, 6) is -3.71. The van der Waals surface area contributed by atoms with Crippen LogP contribution in [-0.2, 0) is 11.2 Å². The molecule has 0 bridgehead atoms. The molecular weight excluding hydrogens is 349 g/mol. The van der Waals surface area contributed by atoms with Gasteiger partial charge < -0.3 is 4.74 Å². The van der Waals surface area contributed by atoms with Gasteiger partial charge in [-0.05, 0) is 33.6 Å². The molecule has 0 aliphatic carbocycles. The molecule has 0 atom stereocenters. The number of rotatable bonds is 3. The first-order valence-corrected chi connectivity index (χ1v) is 6.73. The third-order valence-corrected chi connectivity index (χ3v) is 3.57. The number of carbonyl (C=O) groups excluding carboxylic acids is 1. The summed E-state index contributed by atoms with van der Waals surface area (Å²) in [6.07, 6.45) is -0.257. The number of benzene rings is 2. The predicted molar refractivity (Wildman–Crippen MR) is 74.6 cm³/mol. The van der Waals surface area contributed by atoms with E-state index >= 15 is 0 Å². The molecule has 0 aliphatic rings. The van der Waals surface area contributed by atoms with Gasteiger partial charge in [0.25, 0.3) is 0 Å². The van der Waals surface area contributed by atoms with Gasteiger partial charge in [-0.25, -0.2) is 18.0 Å². The van der Waals surface area contributed by atoms with E-state index in [0.717, 1.165) is 13.2 Å². The van der Waals surface area contributed by atoms with Crippen molar-refractivity contribution >= 4 is 21.9 Å². The van der Waals surface area contributed by atoms with Crippen LogP contribution in [0.5, 0.6) is 0 Å². The van der Waals surface area contributed by atoms with E-state index in [-0.39, 0.29) is 27.6 Å². The van der Waals surface area contributed by atoms with Crippen LogP contribution < -0.4 is 0 Å². The monoisotopic (exact) mass is 358 g/mol. The normalized spacial score (nSPS) is 10.5. The van der Waals surface area contributed by atoms with Crippen molar-refractivity contribution in [2.24, 2.45) is 0 Å². The number of esters is 1. The zero-order valence-corrected chi connectivity index (χ0v) is 12.5. The summed E-state index contributed by atoms with van der Waals surface area (Å²) in [5, 5.41) is 0. The van der Waals surface area contributed by atoms with Crippen molar-refractivity contribution in [1.29, 1.82) is 0 Å². The highest BCUT2D eigenvalue weighted by Gasteiger charge is 2.23. The van der Waals surface area contributed by atoms with E-state index < -0.39 is 23.4 Å². The zero-order chi connectivity index (χ0) is 15.6.